The fourth-order valence-corrected chi connectivity index (χ4v) is 2.96. The number of nitrogens with one attached hydrogen (secondary N) is 1. The Kier molecular flexibility index (Phi) is 3.34. The Bertz CT molecular complexity index is 820. The first-order chi connectivity index (χ1) is 10.0. The van der Waals surface area contributed by atoms with Crippen LogP contribution < -0.4 is 11.1 Å². The zero-order valence-corrected chi connectivity index (χ0v) is 12.6. The summed E-state index contributed by atoms with van der Waals surface area (Å²) < 4.78 is 2.65. The molecule has 2 aromatic heterocycles. The van der Waals surface area contributed by atoms with E-state index >= 15 is 0 Å². The summed E-state index contributed by atoms with van der Waals surface area (Å²) in [5.41, 5.74) is 9.02. The number of aromatic nitrogens is 3. The summed E-state index contributed by atoms with van der Waals surface area (Å²) in [5, 5.41) is 7.66. The predicted octanol–water partition coefficient (Wildman–Crippen LogP) is 1.85. The Morgan fingerprint density at radius 3 is 3.00 bits per heavy atom. The maximum absolute atomic E-state index is 12.2. The molecule has 0 saturated carbocycles. The summed E-state index contributed by atoms with van der Waals surface area (Å²) in [7, 11) is 1.86. The van der Waals surface area contributed by atoms with Crippen molar-refractivity contribution in [2.75, 3.05) is 5.73 Å². The SMILES string of the molecule is Cc1nn(C)cc1CNC(=O)c1ccc2nc(N)sc2c1. The van der Waals surface area contributed by atoms with Gasteiger partial charge in [0.15, 0.2) is 5.13 Å². The third-order valence-electron chi connectivity index (χ3n) is 3.22. The molecule has 0 aliphatic rings. The number of fused-ring (bicyclic) bond motifs is 1. The molecule has 0 fully saturated rings. The van der Waals surface area contributed by atoms with E-state index in [1.165, 1.54) is 11.3 Å². The molecule has 0 unspecified atom stereocenters. The average molecular weight is 301 g/mol. The van der Waals surface area contributed by atoms with Gasteiger partial charge in [-0.25, -0.2) is 4.98 Å². The number of aryl methyl sites for hydroxylation is 2. The van der Waals surface area contributed by atoms with E-state index in [4.69, 9.17) is 5.73 Å². The predicted molar refractivity (Wildman–Crippen MR) is 83.1 cm³/mol. The molecule has 3 N–H and O–H groups in total. The van der Waals surface area contributed by atoms with Gasteiger partial charge in [0.1, 0.15) is 0 Å². The highest BCUT2D eigenvalue weighted by molar-refractivity contribution is 7.22. The van der Waals surface area contributed by atoms with Crippen LogP contribution in [0.25, 0.3) is 10.2 Å². The number of carbonyl (C=O) groups is 1. The van der Waals surface area contributed by atoms with Crippen LogP contribution in [0.4, 0.5) is 5.13 Å². The highest BCUT2D eigenvalue weighted by Gasteiger charge is 2.10. The van der Waals surface area contributed by atoms with Crippen molar-refractivity contribution in [2.24, 2.45) is 7.05 Å². The summed E-state index contributed by atoms with van der Waals surface area (Å²) in [6, 6.07) is 5.38. The van der Waals surface area contributed by atoms with Crippen LogP contribution in [0.2, 0.25) is 0 Å². The van der Waals surface area contributed by atoms with Crippen molar-refractivity contribution < 1.29 is 4.79 Å². The van der Waals surface area contributed by atoms with Gasteiger partial charge in [-0.15, -0.1) is 0 Å². The minimum absolute atomic E-state index is 0.118. The second kappa shape index (κ2) is 5.17. The Morgan fingerprint density at radius 2 is 2.29 bits per heavy atom. The molecule has 108 valence electrons. The van der Waals surface area contributed by atoms with Gasteiger partial charge in [0, 0.05) is 30.9 Å². The van der Waals surface area contributed by atoms with E-state index in [-0.39, 0.29) is 5.91 Å². The Labute approximate surface area is 125 Å². The van der Waals surface area contributed by atoms with Crippen LogP contribution in [-0.2, 0) is 13.6 Å². The van der Waals surface area contributed by atoms with Gasteiger partial charge >= 0.3 is 0 Å². The fraction of sp³-hybridized carbons (Fsp3) is 0.214. The quantitative estimate of drug-likeness (QED) is 0.773. The lowest BCUT2D eigenvalue weighted by molar-refractivity contribution is 0.0951. The van der Waals surface area contributed by atoms with E-state index in [1.54, 1.807) is 10.7 Å². The molecule has 0 saturated heterocycles. The molecule has 0 atom stereocenters. The largest absolute Gasteiger partial charge is 0.375 e. The van der Waals surface area contributed by atoms with E-state index in [2.05, 4.69) is 15.4 Å². The van der Waals surface area contributed by atoms with Gasteiger partial charge in [-0.3, -0.25) is 9.48 Å². The number of nitrogens with zero attached hydrogens (tertiary/aromatic N) is 3. The first-order valence-electron chi connectivity index (χ1n) is 6.46. The smallest absolute Gasteiger partial charge is 0.251 e. The molecule has 2 heterocycles. The lowest BCUT2D eigenvalue weighted by Gasteiger charge is -2.04. The molecular weight excluding hydrogens is 286 g/mol. The van der Waals surface area contributed by atoms with E-state index in [9.17, 15) is 4.79 Å². The van der Waals surface area contributed by atoms with Crippen LogP contribution in [-0.4, -0.2) is 20.7 Å². The molecule has 21 heavy (non-hydrogen) atoms. The standard InChI is InChI=1S/C14H15N5OS/c1-8-10(7-19(2)18-8)6-16-13(20)9-3-4-11-12(5-9)21-14(15)17-11/h3-5,7H,6H2,1-2H3,(H2,15,17)(H,16,20). The van der Waals surface area contributed by atoms with Gasteiger partial charge in [-0.2, -0.15) is 5.10 Å². The fourth-order valence-electron chi connectivity index (χ4n) is 2.18. The van der Waals surface area contributed by atoms with Crippen molar-refractivity contribution >= 4 is 32.6 Å². The number of amides is 1. The van der Waals surface area contributed by atoms with E-state index in [1.807, 2.05) is 32.3 Å². The number of hydrogen-bond acceptors (Lipinski definition) is 5. The Morgan fingerprint density at radius 1 is 1.48 bits per heavy atom. The second-order valence-electron chi connectivity index (χ2n) is 4.83. The first-order valence-corrected chi connectivity index (χ1v) is 7.28. The highest BCUT2D eigenvalue weighted by atomic mass is 32.1. The van der Waals surface area contributed by atoms with E-state index < -0.39 is 0 Å². The number of nitrogen functional groups attached to an aromatic ring is 1. The number of hydrogen-bond donors (Lipinski definition) is 2. The van der Waals surface area contributed by atoms with Gasteiger partial charge in [0.25, 0.3) is 5.91 Å². The lowest BCUT2D eigenvalue weighted by Crippen LogP contribution is -2.22. The molecule has 0 aliphatic heterocycles. The van der Waals surface area contributed by atoms with Crippen LogP contribution >= 0.6 is 11.3 Å². The summed E-state index contributed by atoms with van der Waals surface area (Å²) in [6.07, 6.45) is 1.91. The zero-order valence-electron chi connectivity index (χ0n) is 11.8. The van der Waals surface area contributed by atoms with Crippen molar-refractivity contribution in [2.45, 2.75) is 13.5 Å². The summed E-state index contributed by atoms with van der Waals surface area (Å²) in [5.74, 6) is -0.118. The van der Waals surface area contributed by atoms with Gasteiger partial charge in [-0.05, 0) is 25.1 Å². The average Bonchev–Trinajstić information content (AvgIpc) is 2.96. The monoisotopic (exact) mass is 301 g/mol. The van der Waals surface area contributed by atoms with Gasteiger partial charge in [0.05, 0.1) is 15.9 Å². The third kappa shape index (κ3) is 2.73. The van der Waals surface area contributed by atoms with Gasteiger partial charge in [-0.1, -0.05) is 11.3 Å². The second-order valence-corrected chi connectivity index (χ2v) is 5.89. The van der Waals surface area contributed by atoms with Crippen molar-refractivity contribution in [1.82, 2.24) is 20.1 Å². The number of anilines is 1. The van der Waals surface area contributed by atoms with Crippen molar-refractivity contribution in [1.29, 1.82) is 0 Å². The van der Waals surface area contributed by atoms with Crippen molar-refractivity contribution in [3.05, 3.63) is 41.2 Å². The molecule has 6 nitrogen and oxygen atoms in total. The Hall–Kier alpha value is -2.41. The van der Waals surface area contributed by atoms with Crippen molar-refractivity contribution in [3.63, 3.8) is 0 Å². The molecule has 1 aromatic carbocycles. The topological polar surface area (TPSA) is 85.8 Å². The number of benzene rings is 1. The number of thiazole rings is 1. The van der Waals surface area contributed by atoms with Gasteiger partial charge < -0.3 is 11.1 Å². The maximum Gasteiger partial charge on any atom is 0.251 e. The number of rotatable bonds is 3. The first kappa shape index (κ1) is 13.6. The molecular formula is C14H15N5OS. The molecule has 0 aliphatic carbocycles. The van der Waals surface area contributed by atoms with E-state index in [0.717, 1.165) is 21.5 Å². The summed E-state index contributed by atoms with van der Waals surface area (Å²) in [6.45, 7) is 2.38. The molecule has 1 amide bonds. The van der Waals surface area contributed by atoms with Crippen LogP contribution in [0.3, 0.4) is 0 Å². The number of carbonyl (C=O) groups excluding carboxylic acids is 1. The molecule has 0 bridgehead atoms. The zero-order chi connectivity index (χ0) is 15.0. The minimum atomic E-state index is -0.118. The van der Waals surface area contributed by atoms with Gasteiger partial charge in [0.2, 0.25) is 0 Å². The van der Waals surface area contributed by atoms with Crippen molar-refractivity contribution in [3.8, 4) is 0 Å². The molecule has 7 heteroatoms. The third-order valence-corrected chi connectivity index (χ3v) is 4.07. The van der Waals surface area contributed by atoms with Crippen LogP contribution in [0.15, 0.2) is 24.4 Å². The summed E-state index contributed by atoms with van der Waals surface area (Å²) in [4.78, 5) is 16.4. The minimum Gasteiger partial charge on any atom is -0.375 e. The normalized spacial score (nSPS) is 11.0. The van der Waals surface area contributed by atoms with Crippen LogP contribution in [0.5, 0.6) is 0 Å². The van der Waals surface area contributed by atoms with Crippen LogP contribution in [0, 0.1) is 6.92 Å². The molecule has 3 rings (SSSR count). The lowest BCUT2D eigenvalue weighted by atomic mass is 10.2. The molecule has 0 radical (unpaired) electrons. The summed E-state index contributed by atoms with van der Waals surface area (Å²) >= 11 is 1.38. The Balaban J connectivity index is 1.75. The molecule has 0 spiro atoms. The highest BCUT2D eigenvalue weighted by Crippen LogP contribution is 2.24. The van der Waals surface area contributed by atoms with E-state index in [0.29, 0.717) is 17.2 Å². The number of nitrogens with two attached hydrogens (primary N) is 1. The molecule has 3 aromatic rings. The van der Waals surface area contributed by atoms with Crippen LogP contribution in [0.1, 0.15) is 21.6 Å². The maximum atomic E-state index is 12.2.